The molecule has 0 atom stereocenters. The van der Waals surface area contributed by atoms with Crippen molar-refractivity contribution in [1.29, 1.82) is 0 Å². The molecule has 0 saturated carbocycles. The van der Waals surface area contributed by atoms with Crippen LogP contribution in [0.25, 0.3) is 16.6 Å². The maximum Gasteiger partial charge on any atom is 0.276 e. The van der Waals surface area contributed by atoms with Crippen molar-refractivity contribution in [3.05, 3.63) is 76.0 Å². The summed E-state index contributed by atoms with van der Waals surface area (Å²) in [5.74, 6) is -0.916. The molecule has 0 radical (unpaired) electrons. The number of carbonyl (C=O) groups excluding carboxylic acids is 1. The monoisotopic (exact) mass is 350 g/mol. The van der Waals surface area contributed by atoms with Gasteiger partial charge in [0.1, 0.15) is 11.3 Å². The minimum atomic E-state index is -0.511. The third-order valence-corrected chi connectivity index (χ3v) is 4.37. The van der Waals surface area contributed by atoms with E-state index in [9.17, 15) is 14.0 Å². The van der Waals surface area contributed by atoms with Crippen LogP contribution in [0, 0.1) is 12.7 Å². The number of carbonyl (C=O) groups is 1. The normalized spacial score (nSPS) is 11.2. The fraction of sp³-hybridized carbons (Fsp3) is 0.105. The van der Waals surface area contributed by atoms with Crippen molar-refractivity contribution in [3.8, 4) is 0 Å². The average Bonchev–Trinajstić information content (AvgIpc) is 3.09. The van der Waals surface area contributed by atoms with Gasteiger partial charge in [0.15, 0.2) is 5.69 Å². The van der Waals surface area contributed by atoms with Gasteiger partial charge in [-0.3, -0.25) is 9.59 Å². The molecule has 6 nitrogen and oxygen atoms in total. The molecule has 2 aromatic heterocycles. The number of hydrogen-bond acceptors (Lipinski definition) is 3. The van der Waals surface area contributed by atoms with Gasteiger partial charge in [0.25, 0.3) is 11.5 Å². The molecule has 4 rings (SSSR count). The fourth-order valence-corrected chi connectivity index (χ4v) is 2.90. The number of nitrogens with one attached hydrogen (secondary N) is 1. The van der Waals surface area contributed by atoms with Gasteiger partial charge in [0.2, 0.25) is 0 Å². The predicted molar refractivity (Wildman–Crippen MR) is 97.0 cm³/mol. The van der Waals surface area contributed by atoms with E-state index in [4.69, 9.17) is 0 Å². The zero-order chi connectivity index (χ0) is 18.4. The molecular formula is C19H15FN4O2. The Labute approximate surface area is 147 Å². The summed E-state index contributed by atoms with van der Waals surface area (Å²) < 4.78 is 16.6. The summed E-state index contributed by atoms with van der Waals surface area (Å²) in [6.45, 7) is 1.64. The van der Waals surface area contributed by atoms with Gasteiger partial charge in [-0.1, -0.05) is 18.2 Å². The molecule has 2 heterocycles. The molecule has 26 heavy (non-hydrogen) atoms. The van der Waals surface area contributed by atoms with Gasteiger partial charge in [-0.2, -0.15) is 5.10 Å². The Hall–Kier alpha value is -3.48. The first-order valence-electron chi connectivity index (χ1n) is 8.01. The quantitative estimate of drug-likeness (QED) is 0.604. The molecule has 0 aliphatic carbocycles. The van der Waals surface area contributed by atoms with Crippen LogP contribution >= 0.6 is 0 Å². The van der Waals surface area contributed by atoms with Gasteiger partial charge >= 0.3 is 0 Å². The van der Waals surface area contributed by atoms with Crippen LogP contribution in [0.3, 0.4) is 0 Å². The topological polar surface area (TPSA) is 68.4 Å². The third-order valence-electron chi connectivity index (χ3n) is 4.37. The summed E-state index contributed by atoms with van der Waals surface area (Å²) in [6, 6.07) is 13.2. The molecule has 1 N–H and O–H groups in total. The van der Waals surface area contributed by atoms with Crippen LogP contribution in [0.5, 0.6) is 0 Å². The Morgan fingerprint density at radius 3 is 2.54 bits per heavy atom. The summed E-state index contributed by atoms with van der Waals surface area (Å²) >= 11 is 0. The molecule has 2 aromatic carbocycles. The Morgan fingerprint density at radius 1 is 1.08 bits per heavy atom. The van der Waals surface area contributed by atoms with Crippen LogP contribution in [0.15, 0.2) is 53.3 Å². The zero-order valence-electron chi connectivity index (χ0n) is 14.2. The van der Waals surface area contributed by atoms with Crippen LogP contribution in [0.1, 0.15) is 16.1 Å². The van der Waals surface area contributed by atoms with E-state index in [1.54, 1.807) is 26.1 Å². The van der Waals surface area contributed by atoms with Gasteiger partial charge < -0.3 is 9.88 Å². The Kier molecular flexibility index (Phi) is 3.57. The maximum absolute atomic E-state index is 13.7. The van der Waals surface area contributed by atoms with E-state index in [1.807, 2.05) is 24.3 Å². The van der Waals surface area contributed by atoms with E-state index < -0.39 is 11.7 Å². The Bertz CT molecular complexity index is 1240. The van der Waals surface area contributed by atoms with Gasteiger partial charge in [0.05, 0.1) is 11.0 Å². The highest BCUT2D eigenvalue weighted by Crippen LogP contribution is 2.17. The lowest BCUT2D eigenvalue weighted by molar-refractivity contribution is 0.102. The van der Waals surface area contributed by atoms with Gasteiger partial charge in [0, 0.05) is 18.8 Å². The first kappa shape index (κ1) is 16.0. The smallest absolute Gasteiger partial charge is 0.276 e. The van der Waals surface area contributed by atoms with E-state index in [0.717, 1.165) is 0 Å². The number of hydrogen-bond donors (Lipinski definition) is 1. The molecule has 130 valence electrons. The molecule has 0 unspecified atom stereocenters. The molecule has 7 heteroatoms. The third kappa shape index (κ3) is 2.45. The minimum absolute atomic E-state index is 0.0828. The van der Waals surface area contributed by atoms with E-state index in [2.05, 4.69) is 10.4 Å². The van der Waals surface area contributed by atoms with Crippen LogP contribution in [-0.2, 0) is 7.05 Å². The summed E-state index contributed by atoms with van der Waals surface area (Å²) in [5.41, 5.74) is 2.37. The first-order chi connectivity index (χ1) is 12.5. The van der Waals surface area contributed by atoms with Gasteiger partial charge in [-0.15, -0.1) is 0 Å². The standard InChI is InChI=1S/C19H15FN4O2/c1-11-7-8-12(9-13(11)20)21-18(25)14-10-17-19(26)23(2)15-5-3-4-6-16(15)24(17)22-14/h3-10H,1-2H3,(H,21,25). The second-order valence-electron chi connectivity index (χ2n) is 6.10. The number of aromatic nitrogens is 3. The lowest BCUT2D eigenvalue weighted by Crippen LogP contribution is -2.19. The molecule has 0 aliphatic heterocycles. The molecule has 4 aromatic rings. The molecule has 1 amide bonds. The van der Waals surface area contributed by atoms with E-state index in [-0.39, 0.29) is 11.3 Å². The van der Waals surface area contributed by atoms with Crippen LogP contribution in [-0.4, -0.2) is 20.1 Å². The summed E-state index contributed by atoms with van der Waals surface area (Å²) in [4.78, 5) is 25.0. The number of fused-ring (bicyclic) bond motifs is 3. The first-order valence-corrected chi connectivity index (χ1v) is 8.01. The van der Waals surface area contributed by atoms with Crippen LogP contribution in [0.4, 0.5) is 10.1 Å². The van der Waals surface area contributed by atoms with Gasteiger partial charge in [-0.05, 0) is 36.8 Å². The predicted octanol–water partition coefficient (Wildman–Crippen LogP) is 2.89. The number of amides is 1. The number of halogens is 1. The second kappa shape index (κ2) is 5.80. The highest BCUT2D eigenvalue weighted by Gasteiger charge is 2.16. The van der Waals surface area contributed by atoms with Crippen molar-refractivity contribution >= 4 is 28.1 Å². The van der Waals surface area contributed by atoms with Crippen LogP contribution in [0.2, 0.25) is 0 Å². The molecule has 0 spiro atoms. The van der Waals surface area contributed by atoms with E-state index in [0.29, 0.717) is 27.8 Å². The van der Waals surface area contributed by atoms with Crippen molar-refractivity contribution in [2.75, 3.05) is 5.32 Å². The number of nitrogens with zero attached hydrogens (tertiary/aromatic N) is 3. The molecular weight excluding hydrogens is 335 g/mol. The van der Waals surface area contributed by atoms with Crippen molar-refractivity contribution in [1.82, 2.24) is 14.2 Å². The van der Waals surface area contributed by atoms with Crippen molar-refractivity contribution in [3.63, 3.8) is 0 Å². The van der Waals surface area contributed by atoms with Crippen LogP contribution < -0.4 is 10.9 Å². The molecule has 0 bridgehead atoms. The van der Waals surface area contributed by atoms with Crippen molar-refractivity contribution in [2.45, 2.75) is 6.92 Å². The average molecular weight is 350 g/mol. The summed E-state index contributed by atoms with van der Waals surface area (Å²) in [7, 11) is 1.67. The highest BCUT2D eigenvalue weighted by atomic mass is 19.1. The minimum Gasteiger partial charge on any atom is -0.320 e. The Balaban J connectivity index is 1.81. The lowest BCUT2D eigenvalue weighted by atomic mass is 10.2. The SMILES string of the molecule is Cc1ccc(NC(=O)c2cc3c(=O)n(C)c4ccccc4n3n2)cc1F. The zero-order valence-corrected chi connectivity index (χ0v) is 14.2. The van der Waals surface area contributed by atoms with Crippen molar-refractivity contribution in [2.24, 2.45) is 7.05 Å². The number of aryl methyl sites for hydroxylation is 2. The number of benzene rings is 2. The molecule has 0 aliphatic rings. The van der Waals surface area contributed by atoms with Gasteiger partial charge in [-0.25, -0.2) is 8.91 Å². The molecule has 0 fully saturated rings. The summed E-state index contributed by atoms with van der Waals surface area (Å²) in [6.07, 6.45) is 0. The molecule has 0 saturated heterocycles. The largest absolute Gasteiger partial charge is 0.320 e. The Morgan fingerprint density at radius 2 is 1.81 bits per heavy atom. The number of anilines is 1. The fourth-order valence-electron chi connectivity index (χ4n) is 2.90. The second-order valence-corrected chi connectivity index (χ2v) is 6.10. The maximum atomic E-state index is 13.7. The number of para-hydroxylation sites is 2. The van der Waals surface area contributed by atoms with Crippen molar-refractivity contribution < 1.29 is 9.18 Å². The van der Waals surface area contributed by atoms with E-state index >= 15 is 0 Å². The summed E-state index contributed by atoms with van der Waals surface area (Å²) in [5, 5.41) is 6.88. The lowest BCUT2D eigenvalue weighted by Gasteiger charge is -2.06. The number of rotatable bonds is 2. The highest BCUT2D eigenvalue weighted by molar-refractivity contribution is 6.03. The van der Waals surface area contributed by atoms with E-state index in [1.165, 1.54) is 21.2 Å².